The number of ether oxygens (including phenoxy) is 1. The van der Waals surface area contributed by atoms with E-state index in [0.717, 1.165) is 6.42 Å². The zero-order chi connectivity index (χ0) is 18.4. The van der Waals surface area contributed by atoms with Crippen molar-refractivity contribution in [1.82, 2.24) is 10.3 Å². The first-order valence-electron chi connectivity index (χ1n) is 8.16. The smallest absolute Gasteiger partial charge is 0.254 e. The fourth-order valence-electron chi connectivity index (χ4n) is 2.42. The number of carbonyl (C=O) groups is 1. The molecule has 0 atom stereocenters. The maximum atomic E-state index is 13.7. The topological polar surface area (TPSA) is 51.2 Å². The largest absolute Gasteiger partial charge is 0.494 e. The molecule has 1 N–H and O–H groups in total. The minimum Gasteiger partial charge on any atom is -0.494 e. The average Bonchev–Trinajstić information content (AvgIpc) is 2.58. The van der Waals surface area contributed by atoms with E-state index in [2.05, 4.69) is 24.1 Å². The van der Waals surface area contributed by atoms with Crippen molar-refractivity contribution in [3.05, 3.63) is 58.1 Å². The summed E-state index contributed by atoms with van der Waals surface area (Å²) in [7, 11) is 1.41. The average molecular weight is 365 g/mol. The van der Waals surface area contributed by atoms with Gasteiger partial charge < -0.3 is 10.1 Å². The zero-order valence-electron chi connectivity index (χ0n) is 14.6. The lowest BCUT2D eigenvalue weighted by atomic mass is 10.0. The molecule has 0 aliphatic rings. The molecular formula is C19H22ClFN2O2. The van der Waals surface area contributed by atoms with E-state index >= 15 is 0 Å². The molecule has 25 heavy (non-hydrogen) atoms. The second-order valence-corrected chi connectivity index (χ2v) is 6.61. The third-order valence-corrected chi connectivity index (χ3v) is 4.15. The van der Waals surface area contributed by atoms with Crippen molar-refractivity contribution in [1.29, 1.82) is 0 Å². The molecule has 6 heteroatoms. The molecule has 0 aliphatic carbocycles. The van der Waals surface area contributed by atoms with E-state index in [4.69, 9.17) is 16.3 Å². The number of hydrogen-bond acceptors (Lipinski definition) is 3. The van der Waals surface area contributed by atoms with Gasteiger partial charge in [-0.05, 0) is 42.5 Å². The van der Waals surface area contributed by atoms with Crippen LogP contribution in [0.25, 0.3) is 0 Å². The van der Waals surface area contributed by atoms with Gasteiger partial charge in [0.2, 0.25) is 0 Å². The van der Waals surface area contributed by atoms with Crippen LogP contribution in [-0.2, 0) is 13.0 Å². The fraction of sp³-hybridized carbons (Fsp3) is 0.368. The van der Waals surface area contributed by atoms with Crippen LogP contribution in [0.5, 0.6) is 5.75 Å². The summed E-state index contributed by atoms with van der Waals surface area (Å²) in [4.78, 5) is 16.9. The number of hydrogen-bond donors (Lipinski definition) is 1. The van der Waals surface area contributed by atoms with Crippen LogP contribution < -0.4 is 10.1 Å². The zero-order valence-corrected chi connectivity index (χ0v) is 15.4. The van der Waals surface area contributed by atoms with Gasteiger partial charge in [-0.3, -0.25) is 9.78 Å². The van der Waals surface area contributed by atoms with Gasteiger partial charge >= 0.3 is 0 Å². The summed E-state index contributed by atoms with van der Waals surface area (Å²) in [6.45, 7) is 4.42. The highest BCUT2D eigenvalue weighted by atomic mass is 35.5. The molecule has 0 spiro atoms. The number of carbonyl (C=O) groups excluding carboxylic acids is 1. The van der Waals surface area contributed by atoms with E-state index < -0.39 is 5.82 Å². The van der Waals surface area contributed by atoms with Crippen LogP contribution in [0.3, 0.4) is 0 Å². The highest BCUT2D eigenvalue weighted by Crippen LogP contribution is 2.21. The number of aromatic nitrogens is 1. The monoisotopic (exact) mass is 364 g/mol. The van der Waals surface area contributed by atoms with Gasteiger partial charge in [-0.2, -0.15) is 0 Å². The summed E-state index contributed by atoms with van der Waals surface area (Å²) >= 11 is 6.21. The molecule has 134 valence electrons. The minimum atomic E-state index is -0.466. The van der Waals surface area contributed by atoms with Gasteiger partial charge in [0.05, 0.1) is 23.4 Å². The molecule has 0 fully saturated rings. The van der Waals surface area contributed by atoms with Crippen LogP contribution in [0.1, 0.15) is 41.9 Å². The van der Waals surface area contributed by atoms with Crippen LogP contribution >= 0.6 is 11.6 Å². The number of pyridine rings is 1. The van der Waals surface area contributed by atoms with Crippen molar-refractivity contribution in [2.24, 2.45) is 5.92 Å². The molecule has 4 nitrogen and oxygen atoms in total. The molecule has 0 saturated heterocycles. The minimum absolute atomic E-state index is 0.168. The first-order chi connectivity index (χ1) is 11.9. The highest BCUT2D eigenvalue weighted by molar-refractivity contribution is 6.34. The maximum Gasteiger partial charge on any atom is 0.254 e. The summed E-state index contributed by atoms with van der Waals surface area (Å²) in [6.07, 6.45) is 3.20. The van der Waals surface area contributed by atoms with Crippen LogP contribution in [0.15, 0.2) is 30.5 Å². The Kier molecular flexibility index (Phi) is 6.76. The lowest BCUT2D eigenvalue weighted by Crippen LogP contribution is -2.25. The lowest BCUT2D eigenvalue weighted by Gasteiger charge is -2.12. The van der Waals surface area contributed by atoms with Crippen LogP contribution in [-0.4, -0.2) is 18.0 Å². The van der Waals surface area contributed by atoms with E-state index in [1.807, 2.05) is 0 Å². The van der Waals surface area contributed by atoms with Gasteiger partial charge in [0, 0.05) is 12.7 Å². The molecule has 0 saturated carbocycles. The van der Waals surface area contributed by atoms with E-state index in [1.54, 1.807) is 18.3 Å². The quantitative estimate of drug-likeness (QED) is 0.792. The summed E-state index contributed by atoms with van der Waals surface area (Å²) < 4.78 is 18.6. The Morgan fingerprint density at radius 2 is 2.12 bits per heavy atom. The molecule has 1 aromatic heterocycles. The number of nitrogens with one attached hydrogen (secondary N) is 1. The predicted molar refractivity (Wildman–Crippen MR) is 96.5 cm³/mol. The maximum absolute atomic E-state index is 13.7. The van der Waals surface area contributed by atoms with Crippen molar-refractivity contribution < 1.29 is 13.9 Å². The first kappa shape index (κ1) is 19.2. The lowest BCUT2D eigenvalue weighted by molar-refractivity contribution is 0.0949. The standard InChI is InChI=1S/C19H22ClFN2O2/c1-12(2)4-6-16-18(14(20)8-9-22-16)19(24)23-11-13-5-7-17(25-3)15(21)10-13/h5,7-10,12H,4,6,11H2,1-3H3,(H,23,24). The molecule has 0 aliphatic heterocycles. The Labute approximate surface area is 152 Å². The third-order valence-electron chi connectivity index (χ3n) is 3.83. The molecule has 0 radical (unpaired) electrons. The number of halogens is 2. The number of nitrogens with zero attached hydrogens (tertiary/aromatic N) is 1. The number of aryl methyl sites for hydroxylation is 1. The van der Waals surface area contributed by atoms with Gasteiger partial charge in [0.15, 0.2) is 11.6 Å². The van der Waals surface area contributed by atoms with Gasteiger partial charge in [-0.1, -0.05) is 31.5 Å². The number of benzene rings is 1. The summed E-state index contributed by atoms with van der Waals surface area (Å²) in [5.41, 5.74) is 1.70. The van der Waals surface area contributed by atoms with Crippen LogP contribution in [0, 0.1) is 11.7 Å². The molecular weight excluding hydrogens is 343 g/mol. The Morgan fingerprint density at radius 1 is 1.36 bits per heavy atom. The Balaban J connectivity index is 2.11. The second kappa shape index (κ2) is 8.81. The van der Waals surface area contributed by atoms with E-state index in [1.165, 1.54) is 19.2 Å². The van der Waals surface area contributed by atoms with E-state index in [0.29, 0.717) is 34.2 Å². The second-order valence-electron chi connectivity index (χ2n) is 6.20. The van der Waals surface area contributed by atoms with Crippen LogP contribution in [0.4, 0.5) is 4.39 Å². The molecule has 0 bridgehead atoms. The summed E-state index contributed by atoms with van der Waals surface area (Å²) in [6, 6.07) is 6.17. The molecule has 2 aromatic rings. The highest BCUT2D eigenvalue weighted by Gasteiger charge is 2.17. The molecule has 1 amide bonds. The van der Waals surface area contributed by atoms with E-state index in [9.17, 15) is 9.18 Å². The van der Waals surface area contributed by atoms with Gasteiger partial charge in [-0.25, -0.2) is 4.39 Å². The SMILES string of the molecule is COc1ccc(CNC(=O)c2c(Cl)ccnc2CCC(C)C)cc1F. The normalized spacial score (nSPS) is 10.8. The van der Waals surface area contributed by atoms with Crippen molar-refractivity contribution in [3.8, 4) is 5.75 Å². The Hall–Kier alpha value is -2.14. The van der Waals surface area contributed by atoms with Crippen LogP contribution in [0.2, 0.25) is 5.02 Å². The number of methoxy groups -OCH3 is 1. The Morgan fingerprint density at radius 3 is 2.76 bits per heavy atom. The fourth-order valence-corrected chi connectivity index (χ4v) is 2.67. The molecule has 1 heterocycles. The molecule has 2 rings (SSSR count). The number of rotatable bonds is 7. The van der Waals surface area contributed by atoms with Gasteiger partial charge in [-0.15, -0.1) is 0 Å². The van der Waals surface area contributed by atoms with Crippen molar-refractivity contribution >= 4 is 17.5 Å². The van der Waals surface area contributed by atoms with Gasteiger partial charge in [0.25, 0.3) is 5.91 Å². The first-order valence-corrected chi connectivity index (χ1v) is 8.54. The summed E-state index contributed by atoms with van der Waals surface area (Å²) in [5.74, 6) is -0.111. The van der Waals surface area contributed by atoms with Crippen molar-refractivity contribution in [2.45, 2.75) is 33.2 Å². The summed E-state index contributed by atoms with van der Waals surface area (Å²) in [5, 5.41) is 3.15. The van der Waals surface area contributed by atoms with E-state index in [-0.39, 0.29) is 18.2 Å². The molecule has 0 unspecified atom stereocenters. The van der Waals surface area contributed by atoms with Crippen molar-refractivity contribution in [3.63, 3.8) is 0 Å². The van der Waals surface area contributed by atoms with Crippen molar-refractivity contribution in [2.75, 3.05) is 7.11 Å². The number of amides is 1. The molecule has 1 aromatic carbocycles. The predicted octanol–water partition coefficient (Wildman–Crippen LogP) is 4.40. The van der Waals surface area contributed by atoms with Gasteiger partial charge in [0.1, 0.15) is 0 Å². The third kappa shape index (κ3) is 5.16. The Bertz CT molecular complexity index is 750.